The summed E-state index contributed by atoms with van der Waals surface area (Å²) in [6.07, 6.45) is 5.33. The Morgan fingerprint density at radius 3 is 2.33 bits per heavy atom. The number of nitrogens with zero attached hydrogens (tertiary/aromatic N) is 1. The van der Waals surface area contributed by atoms with Crippen molar-refractivity contribution < 1.29 is 0 Å². The van der Waals surface area contributed by atoms with E-state index in [0.717, 1.165) is 18.1 Å². The Kier molecular flexibility index (Phi) is 4.46. The van der Waals surface area contributed by atoms with E-state index >= 15 is 0 Å². The maximum atomic E-state index is 6.53. The SMILES string of the molecule is CC(C)c1ccc(N2CCC3(CCNCC3)CC2)c(Cl)c1. The van der Waals surface area contributed by atoms with E-state index in [0.29, 0.717) is 11.3 Å². The first kappa shape index (κ1) is 15.2. The van der Waals surface area contributed by atoms with Crippen LogP contribution in [0.1, 0.15) is 51.0 Å². The van der Waals surface area contributed by atoms with Gasteiger partial charge in [-0.15, -0.1) is 0 Å². The molecule has 3 heteroatoms. The van der Waals surface area contributed by atoms with Crippen LogP contribution in [0.15, 0.2) is 18.2 Å². The van der Waals surface area contributed by atoms with E-state index in [2.05, 4.69) is 42.3 Å². The second-order valence-electron chi connectivity index (χ2n) is 7.10. The summed E-state index contributed by atoms with van der Waals surface area (Å²) >= 11 is 6.53. The van der Waals surface area contributed by atoms with E-state index in [9.17, 15) is 0 Å². The zero-order chi connectivity index (χ0) is 14.9. The molecule has 1 spiro atoms. The van der Waals surface area contributed by atoms with E-state index in [1.807, 2.05) is 0 Å². The fourth-order valence-corrected chi connectivity index (χ4v) is 4.13. The molecule has 0 saturated carbocycles. The van der Waals surface area contributed by atoms with Crippen LogP contribution in [0.5, 0.6) is 0 Å². The Labute approximate surface area is 133 Å². The average Bonchev–Trinajstić information content (AvgIpc) is 2.49. The molecule has 1 aromatic rings. The average molecular weight is 307 g/mol. The Morgan fingerprint density at radius 2 is 1.76 bits per heavy atom. The van der Waals surface area contributed by atoms with Crippen LogP contribution in [0.25, 0.3) is 0 Å². The molecule has 2 saturated heterocycles. The highest BCUT2D eigenvalue weighted by Gasteiger charge is 2.35. The number of benzene rings is 1. The summed E-state index contributed by atoms with van der Waals surface area (Å²) < 4.78 is 0. The van der Waals surface area contributed by atoms with Gasteiger partial charge in [0.15, 0.2) is 0 Å². The maximum absolute atomic E-state index is 6.53. The van der Waals surface area contributed by atoms with Crippen LogP contribution in [0.4, 0.5) is 5.69 Å². The molecule has 0 radical (unpaired) electrons. The number of hydrogen-bond donors (Lipinski definition) is 1. The predicted molar refractivity (Wildman–Crippen MR) is 91.5 cm³/mol. The third-order valence-corrected chi connectivity index (χ3v) is 5.77. The van der Waals surface area contributed by atoms with E-state index in [4.69, 9.17) is 11.6 Å². The van der Waals surface area contributed by atoms with Gasteiger partial charge in [-0.05, 0) is 67.8 Å². The zero-order valence-electron chi connectivity index (χ0n) is 13.3. The second kappa shape index (κ2) is 6.18. The molecule has 1 N–H and O–H groups in total. The van der Waals surface area contributed by atoms with Crippen molar-refractivity contribution >= 4 is 17.3 Å². The van der Waals surface area contributed by atoms with Crippen molar-refractivity contribution in [1.29, 1.82) is 0 Å². The first-order valence-electron chi connectivity index (χ1n) is 8.35. The van der Waals surface area contributed by atoms with Crippen molar-refractivity contribution in [3.8, 4) is 0 Å². The number of rotatable bonds is 2. The van der Waals surface area contributed by atoms with Gasteiger partial charge in [0.25, 0.3) is 0 Å². The Morgan fingerprint density at radius 1 is 1.10 bits per heavy atom. The quantitative estimate of drug-likeness (QED) is 0.869. The van der Waals surface area contributed by atoms with Crippen LogP contribution in [0.3, 0.4) is 0 Å². The van der Waals surface area contributed by atoms with Gasteiger partial charge < -0.3 is 10.2 Å². The van der Waals surface area contributed by atoms with Crippen molar-refractivity contribution in [2.24, 2.45) is 5.41 Å². The molecule has 21 heavy (non-hydrogen) atoms. The highest BCUT2D eigenvalue weighted by molar-refractivity contribution is 6.33. The van der Waals surface area contributed by atoms with Gasteiger partial charge in [-0.3, -0.25) is 0 Å². The van der Waals surface area contributed by atoms with Gasteiger partial charge in [-0.2, -0.15) is 0 Å². The molecule has 1 aromatic carbocycles. The Balaban J connectivity index is 1.69. The van der Waals surface area contributed by atoms with Crippen LogP contribution in [0, 0.1) is 5.41 Å². The molecule has 2 fully saturated rings. The summed E-state index contributed by atoms with van der Waals surface area (Å²) in [6.45, 7) is 9.13. The van der Waals surface area contributed by atoms with Gasteiger partial charge in [0.05, 0.1) is 10.7 Å². The molecule has 0 aliphatic carbocycles. The van der Waals surface area contributed by atoms with Gasteiger partial charge in [0.2, 0.25) is 0 Å². The zero-order valence-corrected chi connectivity index (χ0v) is 14.0. The molecule has 116 valence electrons. The van der Waals surface area contributed by atoms with Gasteiger partial charge in [-0.25, -0.2) is 0 Å². The van der Waals surface area contributed by atoms with Crippen LogP contribution in [-0.4, -0.2) is 26.2 Å². The van der Waals surface area contributed by atoms with Crippen LogP contribution < -0.4 is 10.2 Å². The second-order valence-corrected chi connectivity index (χ2v) is 7.51. The van der Waals surface area contributed by atoms with Crippen molar-refractivity contribution in [2.45, 2.75) is 45.4 Å². The lowest BCUT2D eigenvalue weighted by Crippen LogP contribution is -2.45. The van der Waals surface area contributed by atoms with Gasteiger partial charge in [0, 0.05) is 13.1 Å². The number of anilines is 1. The Hall–Kier alpha value is -0.730. The largest absolute Gasteiger partial charge is 0.370 e. The number of nitrogens with one attached hydrogen (secondary N) is 1. The summed E-state index contributed by atoms with van der Waals surface area (Å²) in [5.74, 6) is 0.538. The standard InChI is InChI=1S/C18H27ClN2/c1-14(2)15-3-4-17(16(19)13-15)21-11-7-18(8-12-21)5-9-20-10-6-18/h3-4,13-14,20H,5-12H2,1-2H3. The number of hydrogen-bond acceptors (Lipinski definition) is 2. The third-order valence-electron chi connectivity index (χ3n) is 5.47. The summed E-state index contributed by atoms with van der Waals surface area (Å²) in [5.41, 5.74) is 3.16. The van der Waals surface area contributed by atoms with E-state index in [1.54, 1.807) is 0 Å². The molecule has 0 aromatic heterocycles. The van der Waals surface area contributed by atoms with E-state index < -0.39 is 0 Å². The molecule has 2 aliphatic heterocycles. The minimum atomic E-state index is 0.538. The molecule has 0 amide bonds. The van der Waals surface area contributed by atoms with E-state index in [-0.39, 0.29) is 0 Å². The molecule has 2 aliphatic rings. The first-order valence-corrected chi connectivity index (χ1v) is 8.73. The predicted octanol–water partition coefficient (Wildman–Crippen LogP) is 4.43. The lowest BCUT2D eigenvalue weighted by Gasteiger charge is -2.45. The molecule has 0 unspecified atom stereocenters. The highest BCUT2D eigenvalue weighted by atomic mass is 35.5. The van der Waals surface area contributed by atoms with Crippen molar-refractivity contribution in [3.63, 3.8) is 0 Å². The van der Waals surface area contributed by atoms with Crippen LogP contribution in [-0.2, 0) is 0 Å². The molecule has 0 atom stereocenters. The molecule has 2 nitrogen and oxygen atoms in total. The molecule has 2 heterocycles. The molecule has 3 rings (SSSR count). The van der Waals surface area contributed by atoms with Gasteiger partial charge in [0.1, 0.15) is 0 Å². The van der Waals surface area contributed by atoms with Gasteiger partial charge >= 0.3 is 0 Å². The smallest absolute Gasteiger partial charge is 0.0642 e. The topological polar surface area (TPSA) is 15.3 Å². The molecular weight excluding hydrogens is 280 g/mol. The lowest BCUT2D eigenvalue weighted by atomic mass is 9.71. The highest BCUT2D eigenvalue weighted by Crippen LogP contribution is 2.41. The first-order chi connectivity index (χ1) is 10.1. The maximum Gasteiger partial charge on any atom is 0.0642 e. The molecule has 0 bridgehead atoms. The Bertz CT molecular complexity index is 482. The lowest BCUT2D eigenvalue weighted by molar-refractivity contribution is 0.155. The minimum Gasteiger partial charge on any atom is -0.370 e. The summed E-state index contributed by atoms with van der Waals surface area (Å²) in [4.78, 5) is 2.49. The third kappa shape index (κ3) is 3.22. The normalized spacial score (nSPS) is 22.0. The number of halogens is 1. The monoisotopic (exact) mass is 306 g/mol. The minimum absolute atomic E-state index is 0.538. The number of piperidine rings is 2. The molecular formula is C18H27ClN2. The van der Waals surface area contributed by atoms with Crippen molar-refractivity contribution in [1.82, 2.24) is 5.32 Å². The fraction of sp³-hybridized carbons (Fsp3) is 0.667. The summed E-state index contributed by atoms with van der Waals surface area (Å²) in [6, 6.07) is 6.61. The van der Waals surface area contributed by atoms with Crippen LogP contribution in [0.2, 0.25) is 5.02 Å². The fourth-order valence-electron chi connectivity index (χ4n) is 3.82. The van der Waals surface area contributed by atoms with Crippen molar-refractivity contribution in [2.75, 3.05) is 31.1 Å². The van der Waals surface area contributed by atoms with Gasteiger partial charge in [-0.1, -0.05) is 31.5 Å². The van der Waals surface area contributed by atoms with Crippen molar-refractivity contribution in [3.05, 3.63) is 28.8 Å². The summed E-state index contributed by atoms with van der Waals surface area (Å²) in [7, 11) is 0. The van der Waals surface area contributed by atoms with Crippen LogP contribution >= 0.6 is 11.6 Å². The summed E-state index contributed by atoms with van der Waals surface area (Å²) in [5, 5.41) is 4.41. The van der Waals surface area contributed by atoms with E-state index in [1.165, 1.54) is 50.0 Å².